The van der Waals surface area contributed by atoms with Crippen molar-refractivity contribution in [2.24, 2.45) is 5.92 Å². The van der Waals surface area contributed by atoms with E-state index in [2.05, 4.69) is 50.8 Å². The van der Waals surface area contributed by atoms with Crippen molar-refractivity contribution in [2.75, 3.05) is 6.54 Å². The SMILES string of the molecule is C=CC[C@H]1CCCN1C(=O)O[C@@H]1CCCC[C@H]1C(C)(C)c1ccccc1. The first-order valence-corrected chi connectivity index (χ1v) is 10.2. The number of nitrogens with zero attached hydrogens (tertiary/aromatic N) is 1. The van der Waals surface area contributed by atoms with Crippen molar-refractivity contribution < 1.29 is 9.53 Å². The smallest absolute Gasteiger partial charge is 0.410 e. The van der Waals surface area contributed by atoms with E-state index in [-0.39, 0.29) is 23.7 Å². The van der Waals surface area contributed by atoms with E-state index < -0.39 is 0 Å². The van der Waals surface area contributed by atoms with Gasteiger partial charge >= 0.3 is 6.09 Å². The fourth-order valence-electron chi connectivity index (χ4n) is 4.86. The first-order valence-electron chi connectivity index (χ1n) is 10.2. The normalized spacial score (nSPS) is 26.5. The van der Waals surface area contributed by atoms with Crippen molar-refractivity contribution in [2.45, 2.75) is 76.4 Å². The van der Waals surface area contributed by atoms with Gasteiger partial charge in [0.15, 0.2) is 0 Å². The lowest BCUT2D eigenvalue weighted by atomic mass is 9.66. The van der Waals surface area contributed by atoms with Gasteiger partial charge in [0.2, 0.25) is 0 Å². The van der Waals surface area contributed by atoms with Crippen LogP contribution in [0.2, 0.25) is 0 Å². The fourth-order valence-corrected chi connectivity index (χ4v) is 4.86. The van der Waals surface area contributed by atoms with Gasteiger partial charge in [-0.2, -0.15) is 0 Å². The van der Waals surface area contributed by atoms with E-state index in [1.165, 1.54) is 12.0 Å². The van der Waals surface area contributed by atoms with Gasteiger partial charge in [-0.05, 0) is 49.5 Å². The van der Waals surface area contributed by atoms with Crippen molar-refractivity contribution in [1.29, 1.82) is 0 Å². The minimum absolute atomic E-state index is 0.00183. The first-order chi connectivity index (χ1) is 12.5. The maximum Gasteiger partial charge on any atom is 0.410 e. The van der Waals surface area contributed by atoms with Gasteiger partial charge in [-0.1, -0.05) is 56.7 Å². The largest absolute Gasteiger partial charge is 0.446 e. The molecule has 1 amide bonds. The molecule has 142 valence electrons. The monoisotopic (exact) mass is 355 g/mol. The Labute approximate surface area is 158 Å². The highest BCUT2D eigenvalue weighted by atomic mass is 16.6. The maximum absolute atomic E-state index is 12.9. The van der Waals surface area contributed by atoms with Crippen LogP contribution in [0.4, 0.5) is 4.79 Å². The Bertz CT molecular complexity index is 610. The predicted molar refractivity (Wildman–Crippen MR) is 106 cm³/mol. The molecule has 26 heavy (non-hydrogen) atoms. The standard InChI is InChI=1S/C23H33NO2/c1-4-11-19-14-10-17-24(19)22(25)26-21-16-9-8-15-20(21)23(2,3)18-12-6-5-7-13-18/h4-7,12-13,19-21H,1,8-11,14-17H2,2-3H3/t19-,20+,21+/m0/s1. The van der Waals surface area contributed by atoms with E-state index in [0.717, 1.165) is 45.1 Å². The van der Waals surface area contributed by atoms with E-state index in [0.29, 0.717) is 5.92 Å². The van der Waals surface area contributed by atoms with Crippen LogP contribution in [0.3, 0.4) is 0 Å². The Balaban J connectivity index is 1.73. The summed E-state index contributed by atoms with van der Waals surface area (Å²) in [6, 6.07) is 10.9. The number of hydrogen-bond donors (Lipinski definition) is 0. The number of benzene rings is 1. The predicted octanol–water partition coefficient (Wildman–Crippen LogP) is 5.70. The van der Waals surface area contributed by atoms with Crippen LogP contribution in [0.15, 0.2) is 43.0 Å². The van der Waals surface area contributed by atoms with Crippen molar-refractivity contribution in [3.63, 3.8) is 0 Å². The maximum atomic E-state index is 12.9. The molecule has 1 aliphatic heterocycles. The number of ether oxygens (including phenoxy) is 1. The summed E-state index contributed by atoms with van der Waals surface area (Å²) in [7, 11) is 0. The lowest BCUT2D eigenvalue weighted by Crippen LogP contribution is -2.45. The molecular formula is C23H33NO2. The highest BCUT2D eigenvalue weighted by Crippen LogP contribution is 2.42. The minimum Gasteiger partial charge on any atom is -0.446 e. The number of rotatable bonds is 5. The number of amides is 1. The second kappa shape index (κ2) is 8.28. The Hall–Kier alpha value is -1.77. The van der Waals surface area contributed by atoms with Crippen LogP contribution in [0.25, 0.3) is 0 Å². The molecule has 3 nitrogen and oxygen atoms in total. The van der Waals surface area contributed by atoms with Crippen LogP contribution in [-0.2, 0) is 10.2 Å². The summed E-state index contributed by atoms with van der Waals surface area (Å²) in [6.07, 6.45) is 9.26. The van der Waals surface area contributed by atoms with Crippen LogP contribution in [-0.4, -0.2) is 29.7 Å². The van der Waals surface area contributed by atoms with Crippen LogP contribution in [0.5, 0.6) is 0 Å². The molecule has 3 rings (SSSR count). The van der Waals surface area contributed by atoms with E-state index in [1.807, 2.05) is 11.0 Å². The molecule has 1 aromatic carbocycles. The molecule has 1 heterocycles. The molecule has 0 bridgehead atoms. The highest BCUT2D eigenvalue weighted by molar-refractivity contribution is 5.68. The average Bonchev–Trinajstić information content (AvgIpc) is 3.11. The molecular weight excluding hydrogens is 322 g/mol. The molecule has 0 spiro atoms. The molecule has 2 fully saturated rings. The van der Waals surface area contributed by atoms with Crippen LogP contribution < -0.4 is 0 Å². The van der Waals surface area contributed by atoms with E-state index in [1.54, 1.807) is 0 Å². The third kappa shape index (κ3) is 3.97. The Morgan fingerprint density at radius 2 is 1.92 bits per heavy atom. The van der Waals surface area contributed by atoms with Gasteiger partial charge in [-0.15, -0.1) is 6.58 Å². The van der Waals surface area contributed by atoms with Crippen LogP contribution >= 0.6 is 0 Å². The molecule has 0 aromatic heterocycles. The van der Waals surface area contributed by atoms with E-state index in [9.17, 15) is 4.79 Å². The lowest BCUT2D eigenvalue weighted by Gasteiger charge is -2.42. The molecule has 0 unspecified atom stereocenters. The minimum atomic E-state index is -0.116. The highest BCUT2D eigenvalue weighted by Gasteiger charge is 2.41. The van der Waals surface area contributed by atoms with Crippen molar-refractivity contribution >= 4 is 6.09 Å². The summed E-state index contributed by atoms with van der Waals surface area (Å²) in [6.45, 7) is 9.25. The number of carbonyl (C=O) groups is 1. The Kier molecular flexibility index (Phi) is 6.05. The molecule has 3 atom stereocenters. The Morgan fingerprint density at radius 3 is 2.65 bits per heavy atom. The summed E-state index contributed by atoms with van der Waals surface area (Å²) in [5.74, 6) is 0.364. The van der Waals surface area contributed by atoms with Crippen molar-refractivity contribution in [3.05, 3.63) is 48.6 Å². The molecule has 3 heteroatoms. The molecule has 0 radical (unpaired) electrons. The zero-order chi connectivity index (χ0) is 18.6. The summed E-state index contributed by atoms with van der Waals surface area (Å²) >= 11 is 0. The number of carbonyl (C=O) groups excluding carboxylic acids is 1. The molecule has 1 saturated heterocycles. The van der Waals surface area contributed by atoms with Gasteiger partial charge in [-0.3, -0.25) is 0 Å². The summed E-state index contributed by atoms with van der Waals surface area (Å²) in [5.41, 5.74) is 1.33. The average molecular weight is 356 g/mol. The van der Waals surface area contributed by atoms with Gasteiger partial charge < -0.3 is 9.64 Å². The molecule has 1 aliphatic carbocycles. The molecule has 0 N–H and O–H groups in total. The van der Waals surface area contributed by atoms with Crippen LogP contribution in [0, 0.1) is 5.92 Å². The quantitative estimate of drug-likeness (QED) is 0.634. The number of hydrogen-bond acceptors (Lipinski definition) is 2. The summed E-state index contributed by atoms with van der Waals surface area (Å²) < 4.78 is 6.12. The third-order valence-corrected chi connectivity index (χ3v) is 6.45. The van der Waals surface area contributed by atoms with Crippen LogP contribution in [0.1, 0.15) is 64.4 Å². The van der Waals surface area contributed by atoms with Gasteiger partial charge in [-0.25, -0.2) is 4.79 Å². The lowest BCUT2D eigenvalue weighted by molar-refractivity contribution is -0.00762. The molecule has 1 aromatic rings. The van der Waals surface area contributed by atoms with Crippen molar-refractivity contribution in [3.8, 4) is 0 Å². The second-order valence-electron chi connectivity index (χ2n) is 8.41. The molecule has 2 aliphatic rings. The van der Waals surface area contributed by atoms with Crippen molar-refractivity contribution in [1.82, 2.24) is 4.90 Å². The van der Waals surface area contributed by atoms with Gasteiger partial charge in [0, 0.05) is 18.5 Å². The number of likely N-dealkylation sites (tertiary alicyclic amines) is 1. The summed E-state index contributed by atoms with van der Waals surface area (Å²) in [4.78, 5) is 14.8. The van der Waals surface area contributed by atoms with E-state index >= 15 is 0 Å². The second-order valence-corrected chi connectivity index (χ2v) is 8.41. The zero-order valence-corrected chi connectivity index (χ0v) is 16.3. The third-order valence-electron chi connectivity index (χ3n) is 6.45. The summed E-state index contributed by atoms with van der Waals surface area (Å²) in [5, 5.41) is 0. The van der Waals surface area contributed by atoms with Gasteiger partial charge in [0.1, 0.15) is 6.10 Å². The van der Waals surface area contributed by atoms with Gasteiger partial charge in [0.25, 0.3) is 0 Å². The first kappa shape index (κ1) is 19.0. The van der Waals surface area contributed by atoms with E-state index in [4.69, 9.17) is 4.74 Å². The Morgan fingerprint density at radius 1 is 1.19 bits per heavy atom. The molecule has 1 saturated carbocycles. The van der Waals surface area contributed by atoms with Gasteiger partial charge in [0.05, 0.1) is 0 Å². The topological polar surface area (TPSA) is 29.5 Å². The zero-order valence-electron chi connectivity index (χ0n) is 16.3. The fraction of sp³-hybridized carbons (Fsp3) is 0.609.